The van der Waals surface area contributed by atoms with Crippen molar-refractivity contribution in [3.8, 4) is 0 Å². The lowest BCUT2D eigenvalue weighted by atomic mass is 10.2. The van der Waals surface area contributed by atoms with E-state index in [0.29, 0.717) is 34.1 Å². The second-order valence-corrected chi connectivity index (χ2v) is 5.76. The van der Waals surface area contributed by atoms with Gasteiger partial charge in [0.05, 0.1) is 5.56 Å². The summed E-state index contributed by atoms with van der Waals surface area (Å²) in [6.45, 7) is 0.316. The van der Waals surface area contributed by atoms with Crippen LogP contribution in [-0.2, 0) is 4.79 Å². The molecule has 0 bridgehead atoms. The number of halogens is 2. The molecule has 1 fully saturated rings. The molecule has 1 aromatic carbocycles. The zero-order valence-electron chi connectivity index (χ0n) is 10.2. The summed E-state index contributed by atoms with van der Waals surface area (Å²) >= 11 is 9.14. The highest BCUT2D eigenvalue weighted by Gasteiger charge is 2.22. The van der Waals surface area contributed by atoms with Gasteiger partial charge in [0.2, 0.25) is 5.91 Å². The second-order valence-electron chi connectivity index (χ2n) is 4.47. The first-order chi connectivity index (χ1) is 9.06. The van der Waals surface area contributed by atoms with E-state index in [0.717, 1.165) is 12.8 Å². The van der Waals surface area contributed by atoms with Gasteiger partial charge >= 0.3 is 0 Å². The van der Waals surface area contributed by atoms with E-state index < -0.39 is 0 Å². The summed E-state index contributed by atoms with van der Waals surface area (Å²) in [4.78, 5) is 23.3. The zero-order valence-corrected chi connectivity index (χ0v) is 12.6. The van der Waals surface area contributed by atoms with Crippen molar-refractivity contribution < 1.29 is 9.59 Å². The maximum Gasteiger partial charge on any atom is 0.252 e. The van der Waals surface area contributed by atoms with Gasteiger partial charge in [-0.05, 0) is 47.0 Å². The first kappa shape index (κ1) is 14.3. The van der Waals surface area contributed by atoms with E-state index in [4.69, 9.17) is 11.6 Å². The molecule has 0 radical (unpaired) electrons. The van der Waals surface area contributed by atoms with Crippen LogP contribution in [0.4, 0.5) is 0 Å². The number of hydrogen-bond donors (Lipinski definition) is 2. The van der Waals surface area contributed by atoms with Crippen molar-refractivity contribution in [2.75, 3.05) is 6.54 Å². The van der Waals surface area contributed by atoms with Crippen molar-refractivity contribution in [1.82, 2.24) is 10.6 Å². The Hall–Kier alpha value is -1.07. The molecular formula is C13H14BrClN2O2. The van der Waals surface area contributed by atoms with E-state index >= 15 is 0 Å². The lowest BCUT2D eigenvalue weighted by Crippen LogP contribution is -2.31. The normalized spacial score (nSPS) is 14.0. The maximum atomic E-state index is 11.9. The molecular weight excluding hydrogens is 332 g/mol. The van der Waals surface area contributed by atoms with Crippen LogP contribution < -0.4 is 10.6 Å². The third-order valence-corrected chi connectivity index (χ3v) is 3.68. The Kier molecular flexibility index (Phi) is 4.82. The van der Waals surface area contributed by atoms with E-state index in [-0.39, 0.29) is 11.8 Å². The van der Waals surface area contributed by atoms with Crippen LogP contribution in [0.1, 0.15) is 29.6 Å². The smallest absolute Gasteiger partial charge is 0.252 e. The van der Waals surface area contributed by atoms with Crippen LogP contribution in [0.25, 0.3) is 0 Å². The molecule has 1 aliphatic carbocycles. The molecule has 2 amide bonds. The van der Waals surface area contributed by atoms with Gasteiger partial charge in [-0.1, -0.05) is 11.6 Å². The predicted molar refractivity (Wildman–Crippen MR) is 77.3 cm³/mol. The molecule has 0 heterocycles. The molecule has 6 heteroatoms. The number of carbonyl (C=O) groups is 2. The van der Waals surface area contributed by atoms with Gasteiger partial charge in [-0.2, -0.15) is 0 Å². The first-order valence-electron chi connectivity index (χ1n) is 6.09. The van der Waals surface area contributed by atoms with E-state index in [9.17, 15) is 9.59 Å². The Bertz CT molecular complexity index is 503. The fraction of sp³-hybridized carbons (Fsp3) is 0.385. The van der Waals surface area contributed by atoms with E-state index in [1.54, 1.807) is 18.2 Å². The maximum absolute atomic E-state index is 11.9. The average molecular weight is 346 g/mol. The summed E-state index contributed by atoms with van der Waals surface area (Å²) < 4.78 is 0.678. The van der Waals surface area contributed by atoms with Gasteiger partial charge in [0.25, 0.3) is 5.91 Å². The Morgan fingerprint density at radius 3 is 2.79 bits per heavy atom. The van der Waals surface area contributed by atoms with Crippen LogP contribution in [0.15, 0.2) is 22.7 Å². The lowest BCUT2D eigenvalue weighted by molar-refractivity contribution is -0.121. The molecule has 0 atom stereocenters. The van der Waals surface area contributed by atoms with Crippen LogP contribution in [0.5, 0.6) is 0 Å². The summed E-state index contributed by atoms with van der Waals surface area (Å²) in [5, 5.41) is 6.07. The van der Waals surface area contributed by atoms with Crippen molar-refractivity contribution in [1.29, 1.82) is 0 Å². The Labute approximate surface area is 125 Å². The number of benzene rings is 1. The van der Waals surface area contributed by atoms with Gasteiger partial charge in [-0.15, -0.1) is 0 Å². The Morgan fingerprint density at radius 2 is 2.11 bits per heavy atom. The van der Waals surface area contributed by atoms with Gasteiger partial charge in [-0.3, -0.25) is 9.59 Å². The topological polar surface area (TPSA) is 58.2 Å². The Morgan fingerprint density at radius 1 is 1.37 bits per heavy atom. The lowest BCUT2D eigenvalue weighted by Gasteiger charge is -2.07. The third kappa shape index (κ3) is 4.51. The van der Waals surface area contributed by atoms with Crippen molar-refractivity contribution in [2.45, 2.75) is 25.3 Å². The molecule has 1 aliphatic rings. The molecule has 0 aromatic heterocycles. The fourth-order valence-electron chi connectivity index (χ4n) is 1.58. The van der Waals surface area contributed by atoms with Gasteiger partial charge < -0.3 is 10.6 Å². The third-order valence-electron chi connectivity index (χ3n) is 2.75. The van der Waals surface area contributed by atoms with E-state index in [1.165, 1.54) is 0 Å². The minimum Gasteiger partial charge on any atom is -0.353 e. The van der Waals surface area contributed by atoms with Crippen molar-refractivity contribution in [3.05, 3.63) is 33.3 Å². The largest absolute Gasteiger partial charge is 0.353 e. The second kappa shape index (κ2) is 6.39. The summed E-state index contributed by atoms with van der Waals surface area (Å²) in [7, 11) is 0. The molecule has 2 N–H and O–H groups in total. The highest BCUT2D eigenvalue weighted by Crippen LogP contribution is 2.21. The van der Waals surface area contributed by atoms with Crippen LogP contribution in [-0.4, -0.2) is 24.4 Å². The minimum absolute atomic E-state index is 0.0204. The summed E-state index contributed by atoms with van der Waals surface area (Å²) in [6.07, 6.45) is 2.42. The average Bonchev–Trinajstić information content (AvgIpc) is 3.16. The van der Waals surface area contributed by atoms with Gasteiger partial charge in [0.1, 0.15) is 0 Å². The number of hydrogen-bond acceptors (Lipinski definition) is 2. The molecule has 0 saturated heterocycles. The number of rotatable bonds is 5. The van der Waals surface area contributed by atoms with Gasteiger partial charge in [0.15, 0.2) is 0 Å². The van der Waals surface area contributed by atoms with Crippen molar-refractivity contribution in [2.24, 2.45) is 0 Å². The standard InChI is InChI=1S/C13H14BrClN2O2/c14-11-4-1-8(15)7-10(11)13(19)16-6-5-12(18)17-9-2-3-9/h1,4,7,9H,2-3,5-6H2,(H,16,19)(H,17,18). The van der Waals surface area contributed by atoms with Crippen LogP contribution in [0.2, 0.25) is 5.02 Å². The van der Waals surface area contributed by atoms with Crippen molar-refractivity contribution >= 4 is 39.3 Å². The van der Waals surface area contributed by atoms with Crippen LogP contribution in [0.3, 0.4) is 0 Å². The molecule has 4 nitrogen and oxygen atoms in total. The Balaban J connectivity index is 1.80. The molecule has 2 rings (SSSR count). The summed E-state index contributed by atoms with van der Waals surface area (Å²) in [5.74, 6) is -0.262. The number of carbonyl (C=O) groups excluding carboxylic acids is 2. The van der Waals surface area contributed by atoms with Gasteiger partial charge in [0, 0.05) is 28.5 Å². The molecule has 1 aromatic rings. The molecule has 1 saturated carbocycles. The summed E-state index contributed by atoms with van der Waals surface area (Å²) in [5.41, 5.74) is 0.468. The van der Waals surface area contributed by atoms with E-state index in [1.807, 2.05) is 0 Å². The molecule has 0 spiro atoms. The predicted octanol–water partition coefficient (Wildman–Crippen LogP) is 2.50. The fourth-order valence-corrected chi connectivity index (χ4v) is 2.18. The van der Waals surface area contributed by atoms with E-state index in [2.05, 4.69) is 26.6 Å². The quantitative estimate of drug-likeness (QED) is 0.861. The molecule has 0 aliphatic heterocycles. The number of nitrogens with one attached hydrogen (secondary N) is 2. The molecule has 102 valence electrons. The summed E-state index contributed by atoms with van der Waals surface area (Å²) in [6, 6.07) is 5.36. The monoisotopic (exact) mass is 344 g/mol. The highest BCUT2D eigenvalue weighted by atomic mass is 79.9. The highest BCUT2D eigenvalue weighted by molar-refractivity contribution is 9.10. The van der Waals surface area contributed by atoms with Gasteiger partial charge in [-0.25, -0.2) is 0 Å². The minimum atomic E-state index is -0.242. The van der Waals surface area contributed by atoms with Crippen molar-refractivity contribution in [3.63, 3.8) is 0 Å². The first-order valence-corrected chi connectivity index (χ1v) is 7.26. The van der Waals surface area contributed by atoms with Crippen LogP contribution in [0, 0.1) is 0 Å². The van der Waals surface area contributed by atoms with Crippen LogP contribution >= 0.6 is 27.5 Å². The molecule has 19 heavy (non-hydrogen) atoms. The zero-order chi connectivity index (χ0) is 13.8. The SMILES string of the molecule is O=C(CCNC(=O)c1cc(Cl)ccc1Br)NC1CC1. The number of amides is 2. The molecule has 0 unspecified atom stereocenters.